The zero-order chi connectivity index (χ0) is 16.7. The summed E-state index contributed by atoms with van der Waals surface area (Å²) in [6, 6.07) is 2.81. The highest BCUT2D eigenvalue weighted by molar-refractivity contribution is 9.10. The van der Waals surface area contributed by atoms with E-state index in [1.165, 1.54) is 26.1 Å². The number of imidazole rings is 1. The van der Waals surface area contributed by atoms with Gasteiger partial charge in [0.15, 0.2) is 0 Å². The minimum Gasteiger partial charge on any atom is -0.481 e. The summed E-state index contributed by atoms with van der Waals surface area (Å²) in [5.74, 6) is -1.92. The highest BCUT2D eigenvalue weighted by Gasteiger charge is 2.27. The quantitative estimate of drug-likeness (QED) is 0.700. The van der Waals surface area contributed by atoms with E-state index in [0.717, 1.165) is 4.31 Å². The molecule has 2 aromatic rings. The molecule has 10 heteroatoms. The van der Waals surface area contributed by atoms with Gasteiger partial charge in [0.2, 0.25) is 10.0 Å². The Kier molecular flexibility index (Phi) is 4.45. The number of hydrogen-bond donors (Lipinski definition) is 3. The van der Waals surface area contributed by atoms with Crippen molar-refractivity contribution in [2.24, 2.45) is 5.92 Å². The average Bonchev–Trinajstić information content (AvgIpc) is 2.76. The molecule has 1 aromatic heterocycles. The first-order valence-corrected chi connectivity index (χ1v) is 8.47. The van der Waals surface area contributed by atoms with Gasteiger partial charge in [-0.1, -0.05) is 6.92 Å². The maximum atomic E-state index is 12.6. The molecule has 0 amide bonds. The molecule has 0 spiro atoms. The molecule has 3 N–H and O–H groups in total. The van der Waals surface area contributed by atoms with Gasteiger partial charge in [-0.3, -0.25) is 4.79 Å². The number of H-pyrrole nitrogens is 2. The lowest BCUT2D eigenvalue weighted by Crippen LogP contribution is -2.33. The molecule has 1 unspecified atom stereocenters. The second-order valence-electron chi connectivity index (χ2n) is 4.93. The number of aromatic nitrogens is 2. The number of rotatable bonds is 5. The number of fused-ring (bicyclic) bond motifs is 1. The molecule has 0 fully saturated rings. The predicted molar refractivity (Wildman–Crippen MR) is 83.2 cm³/mol. The second-order valence-corrected chi connectivity index (χ2v) is 7.80. The Morgan fingerprint density at radius 2 is 1.91 bits per heavy atom. The van der Waals surface area contributed by atoms with E-state index in [1.54, 1.807) is 0 Å². The molecule has 1 atom stereocenters. The van der Waals surface area contributed by atoms with Crippen LogP contribution in [0, 0.1) is 5.92 Å². The molecule has 0 radical (unpaired) electrons. The van der Waals surface area contributed by atoms with Crippen LogP contribution in [0.2, 0.25) is 0 Å². The number of carboxylic acid groups (broad SMARTS) is 1. The number of aliphatic carboxylic acids is 1. The standard InChI is InChI=1S/C12H14BrN3O5S/c1-6(11(17)18)5-16(2)22(20,21)10-4-9-8(3-7(10)13)14-12(19)15-9/h3-4,6H,5H2,1-2H3,(H,17,18)(H2,14,15,19). The summed E-state index contributed by atoms with van der Waals surface area (Å²) in [5.41, 5.74) is 0.383. The lowest BCUT2D eigenvalue weighted by Gasteiger charge is -2.20. The van der Waals surface area contributed by atoms with Crippen molar-refractivity contribution < 1.29 is 18.3 Å². The lowest BCUT2D eigenvalue weighted by atomic mass is 10.2. The van der Waals surface area contributed by atoms with Crippen LogP contribution in [0.25, 0.3) is 11.0 Å². The molecule has 120 valence electrons. The third-order valence-electron chi connectivity index (χ3n) is 3.21. The van der Waals surface area contributed by atoms with Crippen LogP contribution < -0.4 is 5.69 Å². The molecule has 1 heterocycles. The predicted octanol–water partition coefficient (Wildman–Crippen LogP) is 0.960. The van der Waals surface area contributed by atoms with Crippen LogP contribution in [-0.2, 0) is 14.8 Å². The average molecular weight is 392 g/mol. The summed E-state index contributed by atoms with van der Waals surface area (Å²) >= 11 is 3.17. The third-order valence-corrected chi connectivity index (χ3v) is 5.99. The highest BCUT2D eigenvalue weighted by Crippen LogP contribution is 2.28. The molecule has 0 saturated heterocycles. The largest absolute Gasteiger partial charge is 0.481 e. The van der Waals surface area contributed by atoms with Crippen LogP contribution in [0.3, 0.4) is 0 Å². The molecule has 8 nitrogen and oxygen atoms in total. The van der Waals surface area contributed by atoms with E-state index in [4.69, 9.17) is 5.11 Å². The smallest absolute Gasteiger partial charge is 0.323 e. The molecular formula is C12H14BrN3O5S. The van der Waals surface area contributed by atoms with E-state index in [-0.39, 0.29) is 15.9 Å². The van der Waals surface area contributed by atoms with Crippen molar-refractivity contribution in [2.45, 2.75) is 11.8 Å². The minimum atomic E-state index is -3.89. The normalized spacial score (nSPS) is 13.6. The maximum absolute atomic E-state index is 12.6. The summed E-state index contributed by atoms with van der Waals surface area (Å²) in [5, 5.41) is 8.89. The molecule has 0 saturated carbocycles. The van der Waals surface area contributed by atoms with Gasteiger partial charge >= 0.3 is 11.7 Å². The van der Waals surface area contributed by atoms with Crippen molar-refractivity contribution in [3.8, 4) is 0 Å². The van der Waals surface area contributed by atoms with Gasteiger partial charge < -0.3 is 15.1 Å². The summed E-state index contributed by atoms with van der Waals surface area (Å²) in [6.07, 6.45) is 0. The van der Waals surface area contributed by atoms with E-state index < -0.39 is 27.6 Å². The Bertz CT molecular complexity index is 886. The number of halogens is 1. The number of carboxylic acids is 1. The van der Waals surface area contributed by atoms with Gasteiger partial charge in [-0.2, -0.15) is 0 Å². The Balaban J connectivity index is 2.46. The third kappa shape index (κ3) is 3.08. The van der Waals surface area contributed by atoms with E-state index in [0.29, 0.717) is 11.0 Å². The number of sulfonamides is 1. The Morgan fingerprint density at radius 3 is 2.45 bits per heavy atom. The highest BCUT2D eigenvalue weighted by atomic mass is 79.9. The summed E-state index contributed by atoms with van der Waals surface area (Å²) in [6.45, 7) is 1.27. The number of aromatic amines is 2. The van der Waals surface area contributed by atoms with Crippen LogP contribution in [0.1, 0.15) is 6.92 Å². The number of nitrogens with one attached hydrogen (secondary N) is 2. The van der Waals surface area contributed by atoms with Crippen molar-refractivity contribution in [2.75, 3.05) is 13.6 Å². The summed E-state index contributed by atoms with van der Waals surface area (Å²) in [7, 11) is -2.58. The van der Waals surface area contributed by atoms with Crippen molar-refractivity contribution in [3.05, 3.63) is 27.1 Å². The first-order chi connectivity index (χ1) is 10.1. The van der Waals surface area contributed by atoms with Crippen molar-refractivity contribution in [3.63, 3.8) is 0 Å². The van der Waals surface area contributed by atoms with Gasteiger partial charge in [-0.15, -0.1) is 0 Å². The fraction of sp³-hybridized carbons (Fsp3) is 0.333. The van der Waals surface area contributed by atoms with Gasteiger partial charge in [-0.25, -0.2) is 17.5 Å². The van der Waals surface area contributed by atoms with E-state index >= 15 is 0 Å². The van der Waals surface area contributed by atoms with E-state index in [9.17, 15) is 18.0 Å². The van der Waals surface area contributed by atoms with Gasteiger partial charge in [0.1, 0.15) is 0 Å². The maximum Gasteiger partial charge on any atom is 0.323 e. The fourth-order valence-corrected chi connectivity index (χ4v) is 4.25. The Morgan fingerprint density at radius 1 is 1.36 bits per heavy atom. The minimum absolute atomic E-state index is 0.0460. The fourth-order valence-electron chi connectivity index (χ4n) is 1.96. The number of nitrogens with zero attached hydrogens (tertiary/aromatic N) is 1. The zero-order valence-electron chi connectivity index (χ0n) is 11.8. The number of hydrogen-bond acceptors (Lipinski definition) is 4. The molecule has 2 rings (SSSR count). The van der Waals surface area contributed by atoms with Gasteiger partial charge in [-0.05, 0) is 28.1 Å². The first kappa shape index (κ1) is 16.7. The van der Waals surface area contributed by atoms with Gasteiger partial charge in [0.25, 0.3) is 0 Å². The van der Waals surface area contributed by atoms with E-state index in [1.807, 2.05) is 0 Å². The van der Waals surface area contributed by atoms with Crippen LogP contribution in [-0.4, -0.2) is 47.4 Å². The molecule has 0 aliphatic heterocycles. The second kappa shape index (κ2) is 5.86. The van der Waals surface area contributed by atoms with Gasteiger partial charge in [0.05, 0.1) is 21.8 Å². The van der Waals surface area contributed by atoms with Crippen LogP contribution >= 0.6 is 15.9 Å². The molecule has 22 heavy (non-hydrogen) atoms. The lowest BCUT2D eigenvalue weighted by molar-refractivity contribution is -0.141. The Hall–Kier alpha value is -1.65. The molecule has 0 bridgehead atoms. The first-order valence-electron chi connectivity index (χ1n) is 6.23. The summed E-state index contributed by atoms with van der Waals surface area (Å²) in [4.78, 5) is 27.1. The Labute approximate surface area is 134 Å². The summed E-state index contributed by atoms with van der Waals surface area (Å²) < 4.78 is 26.4. The van der Waals surface area contributed by atoms with Crippen LogP contribution in [0.5, 0.6) is 0 Å². The monoisotopic (exact) mass is 391 g/mol. The van der Waals surface area contributed by atoms with E-state index in [2.05, 4.69) is 25.9 Å². The SMILES string of the molecule is CC(CN(C)S(=O)(=O)c1cc2[nH]c(=O)[nH]c2cc1Br)C(=O)O. The van der Waals surface area contributed by atoms with Crippen LogP contribution in [0.4, 0.5) is 0 Å². The van der Waals surface area contributed by atoms with Crippen molar-refractivity contribution >= 4 is 43.0 Å². The van der Waals surface area contributed by atoms with Gasteiger partial charge in [0, 0.05) is 18.1 Å². The van der Waals surface area contributed by atoms with Crippen LogP contribution in [0.15, 0.2) is 26.3 Å². The molecule has 0 aliphatic carbocycles. The number of benzene rings is 1. The number of carbonyl (C=O) groups is 1. The topological polar surface area (TPSA) is 123 Å². The van der Waals surface area contributed by atoms with Crippen molar-refractivity contribution in [1.82, 2.24) is 14.3 Å². The van der Waals surface area contributed by atoms with Crippen molar-refractivity contribution in [1.29, 1.82) is 0 Å². The molecule has 0 aliphatic rings. The molecular weight excluding hydrogens is 378 g/mol. The molecule has 1 aromatic carbocycles. The zero-order valence-corrected chi connectivity index (χ0v) is 14.2.